The minimum atomic E-state index is -0.372. The molecule has 0 saturated heterocycles. The van der Waals surface area contributed by atoms with E-state index in [0.29, 0.717) is 21.9 Å². The van der Waals surface area contributed by atoms with Crippen molar-refractivity contribution < 1.29 is 14.3 Å². The van der Waals surface area contributed by atoms with E-state index in [4.69, 9.17) is 9.47 Å². The van der Waals surface area contributed by atoms with E-state index in [-0.39, 0.29) is 23.3 Å². The number of aryl methyl sites for hydroxylation is 2. The van der Waals surface area contributed by atoms with Gasteiger partial charge in [0.15, 0.2) is 22.2 Å². The summed E-state index contributed by atoms with van der Waals surface area (Å²) >= 11 is 2.84. The van der Waals surface area contributed by atoms with Gasteiger partial charge in [0, 0.05) is 17.0 Å². The van der Waals surface area contributed by atoms with Crippen LogP contribution >= 0.6 is 23.1 Å². The van der Waals surface area contributed by atoms with Crippen LogP contribution in [0.1, 0.15) is 56.2 Å². The highest BCUT2D eigenvalue weighted by atomic mass is 32.2. The van der Waals surface area contributed by atoms with E-state index < -0.39 is 0 Å². The Balaban J connectivity index is 1.73. The maximum Gasteiger partial charge on any atom is 0.239 e. The maximum atomic E-state index is 12.7. The number of hydrogen-bond acceptors (Lipinski definition) is 8. The number of anilines is 1. The normalized spacial score (nSPS) is 13.1. The second-order valence-electron chi connectivity index (χ2n) is 7.65. The topological polar surface area (TPSA) is 91.2 Å². The quantitative estimate of drug-likeness (QED) is 0.425. The van der Waals surface area contributed by atoms with Gasteiger partial charge in [-0.05, 0) is 53.7 Å². The third-order valence-corrected chi connectivity index (χ3v) is 6.88. The van der Waals surface area contributed by atoms with E-state index in [1.54, 1.807) is 7.11 Å². The summed E-state index contributed by atoms with van der Waals surface area (Å²) in [4.78, 5) is 18.2. The number of thioether (sulfide) groups is 1. The van der Waals surface area contributed by atoms with Crippen molar-refractivity contribution in [2.75, 3.05) is 12.4 Å². The van der Waals surface area contributed by atoms with Crippen LogP contribution in [0.2, 0.25) is 0 Å². The van der Waals surface area contributed by atoms with Crippen molar-refractivity contribution in [3.63, 3.8) is 0 Å². The summed E-state index contributed by atoms with van der Waals surface area (Å²) in [6, 6.07) is 7.54. The Morgan fingerprint density at radius 1 is 1.16 bits per heavy atom. The smallest absolute Gasteiger partial charge is 0.239 e. The fourth-order valence-corrected chi connectivity index (χ4v) is 4.81. The first-order chi connectivity index (χ1) is 15.2. The lowest BCUT2D eigenvalue weighted by Crippen LogP contribution is -2.23. The summed E-state index contributed by atoms with van der Waals surface area (Å²) < 4.78 is 13.4. The molecule has 0 bridgehead atoms. The molecule has 10 heteroatoms. The van der Waals surface area contributed by atoms with E-state index >= 15 is 0 Å². The van der Waals surface area contributed by atoms with Crippen LogP contribution in [0.3, 0.4) is 0 Å². The molecule has 172 valence electrons. The van der Waals surface area contributed by atoms with Crippen molar-refractivity contribution in [2.24, 2.45) is 0 Å². The van der Waals surface area contributed by atoms with Gasteiger partial charge in [-0.2, -0.15) is 0 Å². The van der Waals surface area contributed by atoms with Crippen LogP contribution in [0.25, 0.3) is 0 Å². The summed E-state index contributed by atoms with van der Waals surface area (Å²) in [5, 5.41) is 12.6. The molecule has 3 rings (SSSR count). The summed E-state index contributed by atoms with van der Waals surface area (Å²) in [6.07, 6.45) is -0.336. The molecule has 2 heterocycles. The van der Waals surface area contributed by atoms with Gasteiger partial charge in [0.25, 0.3) is 0 Å². The molecule has 1 N–H and O–H groups in total. The molecule has 2 aromatic heterocycles. The fraction of sp³-hybridized carbons (Fsp3) is 0.455. The van der Waals surface area contributed by atoms with Crippen molar-refractivity contribution >= 4 is 34.1 Å². The Bertz CT molecular complexity index is 1060. The number of amides is 1. The van der Waals surface area contributed by atoms with Crippen molar-refractivity contribution in [1.82, 2.24) is 19.7 Å². The molecule has 0 aliphatic heterocycles. The molecule has 0 spiro atoms. The van der Waals surface area contributed by atoms with Gasteiger partial charge in [-0.3, -0.25) is 4.79 Å². The zero-order chi connectivity index (χ0) is 23.4. The summed E-state index contributed by atoms with van der Waals surface area (Å²) in [7, 11) is 1.62. The molecule has 3 aromatic rings. The Morgan fingerprint density at radius 3 is 2.50 bits per heavy atom. The molecule has 32 heavy (non-hydrogen) atoms. The van der Waals surface area contributed by atoms with Gasteiger partial charge in [0.05, 0.1) is 18.1 Å². The average molecular weight is 476 g/mol. The highest BCUT2D eigenvalue weighted by molar-refractivity contribution is 8.00. The first kappa shape index (κ1) is 24.1. The Morgan fingerprint density at radius 2 is 1.88 bits per heavy atom. The number of rotatable bonds is 9. The molecule has 0 aliphatic rings. The monoisotopic (exact) mass is 475 g/mol. The SMILES string of the molecule is COc1cccc(OC(C)c2nnc(SC(C)C(=O)Nc3nc(C)c(C)s3)n2C(C)C)c1. The fourth-order valence-electron chi connectivity index (χ4n) is 3.01. The third-order valence-electron chi connectivity index (χ3n) is 4.84. The third kappa shape index (κ3) is 5.60. The molecule has 0 radical (unpaired) electrons. The highest BCUT2D eigenvalue weighted by Gasteiger charge is 2.25. The Hall–Kier alpha value is -2.59. The lowest BCUT2D eigenvalue weighted by atomic mass is 10.3. The number of carbonyl (C=O) groups excluding carboxylic acids is 1. The van der Waals surface area contributed by atoms with Gasteiger partial charge in [0.2, 0.25) is 5.91 Å². The highest BCUT2D eigenvalue weighted by Crippen LogP contribution is 2.31. The summed E-state index contributed by atoms with van der Waals surface area (Å²) in [6.45, 7) is 11.8. The van der Waals surface area contributed by atoms with Crippen LogP contribution in [0, 0.1) is 13.8 Å². The molecule has 8 nitrogen and oxygen atoms in total. The average Bonchev–Trinajstić information content (AvgIpc) is 3.30. The molecule has 2 unspecified atom stereocenters. The van der Waals surface area contributed by atoms with E-state index in [0.717, 1.165) is 16.3 Å². The first-order valence-electron chi connectivity index (χ1n) is 10.4. The number of benzene rings is 1. The van der Waals surface area contributed by atoms with Crippen molar-refractivity contribution in [1.29, 1.82) is 0 Å². The molecule has 2 atom stereocenters. The van der Waals surface area contributed by atoms with Crippen LogP contribution < -0.4 is 14.8 Å². The van der Waals surface area contributed by atoms with Crippen LogP contribution in [0.15, 0.2) is 29.4 Å². The Kier molecular flexibility index (Phi) is 7.78. The lowest BCUT2D eigenvalue weighted by Gasteiger charge is -2.19. The van der Waals surface area contributed by atoms with E-state index in [1.165, 1.54) is 23.1 Å². The second kappa shape index (κ2) is 10.4. The van der Waals surface area contributed by atoms with Crippen LogP contribution in [-0.2, 0) is 4.79 Å². The molecular formula is C22H29N5O3S2. The van der Waals surface area contributed by atoms with Crippen molar-refractivity contribution in [3.05, 3.63) is 40.7 Å². The number of hydrogen-bond donors (Lipinski definition) is 1. The van der Waals surface area contributed by atoms with Gasteiger partial charge >= 0.3 is 0 Å². The predicted molar refractivity (Wildman–Crippen MR) is 128 cm³/mol. The van der Waals surface area contributed by atoms with Crippen LogP contribution in [0.5, 0.6) is 11.5 Å². The number of thiazole rings is 1. The number of ether oxygens (including phenoxy) is 2. The minimum Gasteiger partial charge on any atom is -0.497 e. The molecular weight excluding hydrogens is 446 g/mol. The zero-order valence-corrected chi connectivity index (χ0v) is 21.0. The molecule has 1 amide bonds. The van der Waals surface area contributed by atoms with E-state index in [1.807, 2.05) is 56.5 Å². The van der Waals surface area contributed by atoms with Gasteiger partial charge in [-0.15, -0.1) is 21.5 Å². The zero-order valence-electron chi connectivity index (χ0n) is 19.4. The number of nitrogens with one attached hydrogen (secondary N) is 1. The van der Waals surface area contributed by atoms with Crippen molar-refractivity contribution in [3.8, 4) is 11.5 Å². The Labute approximate surface area is 196 Å². The van der Waals surface area contributed by atoms with E-state index in [2.05, 4.69) is 34.3 Å². The number of methoxy groups -OCH3 is 1. The maximum absolute atomic E-state index is 12.7. The first-order valence-corrected chi connectivity index (χ1v) is 12.1. The second-order valence-corrected chi connectivity index (χ2v) is 10.2. The van der Waals surface area contributed by atoms with Crippen LogP contribution in [-0.4, -0.2) is 38.0 Å². The molecule has 0 fully saturated rings. The summed E-state index contributed by atoms with van der Waals surface area (Å²) in [5.41, 5.74) is 0.930. The molecule has 1 aromatic carbocycles. The minimum absolute atomic E-state index is 0.0957. The lowest BCUT2D eigenvalue weighted by molar-refractivity contribution is -0.115. The number of nitrogens with zero attached hydrogens (tertiary/aromatic N) is 4. The molecule has 0 saturated carbocycles. The van der Waals surface area contributed by atoms with Gasteiger partial charge in [-0.1, -0.05) is 17.8 Å². The standard InChI is InChI=1S/C22H29N5O3S2/c1-12(2)27-19(14(4)30-18-10-8-9-17(11-18)29-7)25-26-22(27)32-16(6)20(28)24-21-23-13(3)15(5)31-21/h8-12,14,16H,1-7H3,(H,23,24,28). The predicted octanol–water partition coefficient (Wildman–Crippen LogP) is 5.20. The van der Waals surface area contributed by atoms with Crippen LogP contribution in [0.4, 0.5) is 5.13 Å². The van der Waals surface area contributed by atoms with Crippen molar-refractivity contribution in [2.45, 2.75) is 64.1 Å². The molecule has 0 aliphatic carbocycles. The van der Waals surface area contributed by atoms with Gasteiger partial charge in [0.1, 0.15) is 11.5 Å². The van der Waals surface area contributed by atoms with Gasteiger partial charge in [-0.25, -0.2) is 4.98 Å². The van der Waals surface area contributed by atoms with Gasteiger partial charge < -0.3 is 19.4 Å². The van der Waals surface area contributed by atoms with E-state index in [9.17, 15) is 4.79 Å². The summed E-state index contributed by atoms with van der Waals surface area (Å²) in [5.74, 6) is 1.99. The largest absolute Gasteiger partial charge is 0.497 e. The number of aromatic nitrogens is 4. The number of carbonyl (C=O) groups is 1.